The molecule has 5 nitrogen and oxygen atoms in total. The number of aliphatic imine (C=N–C) groups is 1. The summed E-state index contributed by atoms with van der Waals surface area (Å²) < 4.78 is 24.6. The van der Waals surface area contributed by atoms with E-state index in [0.29, 0.717) is 30.8 Å². The molecule has 0 bridgehead atoms. The fraction of sp³-hybridized carbons (Fsp3) is 0.381. The summed E-state index contributed by atoms with van der Waals surface area (Å²) in [5.41, 5.74) is 4.02. The van der Waals surface area contributed by atoms with Crippen molar-refractivity contribution in [3.05, 3.63) is 64.5 Å². The molecule has 0 saturated carbocycles. The first kappa shape index (κ1) is 22.4. The van der Waals surface area contributed by atoms with Crippen molar-refractivity contribution in [3.63, 3.8) is 0 Å². The summed E-state index contributed by atoms with van der Waals surface area (Å²) in [5.74, 6) is 1.40. The number of aryl methyl sites for hydroxylation is 1. The van der Waals surface area contributed by atoms with Gasteiger partial charge in [0.25, 0.3) is 0 Å². The van der Waals surface area contributed by atoms with Gasteiger partial charge in [-0.1, -0.05) is 36.8 Å². The van der Waals surface area contributed by atoms with Crippen LogP contribution in [0, 0.1) is 12.7 Å². The largest absolute Gasteiger partial charge is 0.467 e. The predicted octanol–water partition coefficient (Wildman–Crippen LogP) is 4.09. The Bertz CT molecular complexity index is 829. The Labute approximate surface area is 182 Å². The molecule has 2 aromatic rings. The van der Waals surface area contributed by atoms with Gasteiger partial charge in [-0.3, -0.25) is 4.99 Å². The monoisotopic (exact) mass is 499 g/mol. The third-order valence-corrected chi connectivity index (χ3v) is 4.61. The summed E-state index contributed by atoms with van der Waals surface area (Å²) in [6.45, 7) is 5.98. The molecule has 0 radical (unpaired) electrons. The number of nitrogens with zero attached hydrogens (tertiary/aromatic N) is 1. The zero-order chi connectivity index (χ0) is 19.2. The molecular formula is C21H27FIN3O2. The van der Waals surface area contributed by atoms with Crippen LogP contribution in [-0.2, 0) is 17.9 Å². The molecule has 7 heteroatoms. The summed E-state index contributed by atoms with van der Waals surface area (Å²) in [4.78, 5) is 4.26. The van der Waals surface area contributed by atoms with Gasteiger partial charge in [-0.15, -0.1) is 24.0 Å². The Kier molecular flexibility index (Phi) is 8.50. The summed E-state index contributed by atoms with van der Waals surface area (Å²) in [6.07, 6.45) is 0. The molecule has 3 rings (SSSR count). The van der Waals surface area contributed by atoms with Crippen molar-refractivity contribution in [1.29, 1.82) is 0 Å². The average Bonchev–Trinajstić information content (AvgIpc) is 2.67. The Morgan fingerprint density at radius 2 is 2.07 bits per heavy atom. The number of hydrogen-bond donors (Lipinski definition) is 2. The molecule has 1 unspecified atom stereocenters. The zero-order valence-corrected chi connectivity index (χ0v) is 18.8. The number of hydrogen-bond acceptors (Lipinski definition) is 3. The first-order chi connectivity index (χ1) is 13.1. The van der Waals surface area contributed by atoms with Crippen LogP contribution in [0.3, 0.4) is 0 Å². The van der Waals surface area contributed by atoms with Crippen molar-refractivity contribution in [2.75, 3.05) is 20.4 Å². The fourth-order valence-corrected chi connectivity index (χ4v) is 3.13. The van der Waals surface area contributed by atoms with Crippen molar-refractivity contribution < 1.29 is 13.9 Å². The molecular weight excluding hydrogens is 472 g/mol. The third-order valence-electron chi connectivity index (χ3n) is 4.61. The van der Waals surface area contributed by atoms with Crippen LogP contribution in [0.25, 0.3) is 0 Å². The smallest absolute Gasteiger partial charge is 0.191 e. The van der Waals surface area contributed by atoms with Gasteiger partial charge in [0.2, 0.25) is 0 Å². The molecule has 1 atom stereocenters. The summed E-state index contributed by atoms with van der Waals surface area (Å²) in [7, 11) is 1.72. The van der Waals surface area contributed by atoms with Crippen molar-refractivity contribution in [3.8, 4) is 5.75 Å². The Balaban J connectivity index is 0.00000280. The van der Waals surface area contributed by atoms with Crippen molar-refractivity contribution in [2.24, 2.45) is 4.99 Å². The van der Waals surface area contributed by atoms with Gasteiger partial charge in [0.05, 0.1) is 6.61 Å². The lowest BCUT2D eigenvalue weighted by Gasteiger charge is -2.22. The number of fused-ring (bicyclic) bond motifs is 1. The molecule has 0 aliphatic carbocycles. The minimum atomic E-state index is -0.296. The molecule has 1 heterocycles. The van der Waals surface area contributed by atoms with Crippen molar-refractivity contribution >= 4 is 29.9 Å². The molecule has 2 N–H and O–H groups in total. The second-order valence-electron chi connectivity index (χ2n) is 6.79. The molecule has 1 aliphatic rings. The van der Waals surface area contributed by atoms with Gasteiger partial charge in [0.1, 0.15) is 11.6 Å². The Morgan fingerprint density at radius 1 is 1.25 bits per heavy atom. The van der Waals surface area contributed by atoms with Crippen molar-refractivity contribution in [1.82, 2.24) is 10.6 Å². The van der Waals surface area contributed by atoms with E-state index < -0.39 is 0 Å². The lowest BCUT2D eigenvalue weighted by Crippen LogP contribution is -2.38. The van der Waals surface area contributed by atoms with E-state index in [1.807, 2.05) is 0 Å². The van der Waals surface area contributed by atoms with E-state index in [2.05, 4.69) is 53.7 Å². The second-order valence-corrected chi connectivity index (χ2v) is 6.79. The number of nitrogens with one attached hydrogen (secondary N) is 2. The van der Waals surface area contributed by atoms with Crippen LogP contribution >= 0.6 is 24.0 Å². The van der Waals surface area contributed by atoms with E-state index in [9.17, 15) is 4.39 Å². The van der Waals surface area contributed by atoms with Crippen LogP contribution in [-0.4, -0.2) is 26.3 Å². The van der Waals surface area contributed by atoms with Crippen LogP contribution in [0.15, 0.2) is 41.4 Å². The first-order valence-corrected chi connectivity index (χ1v) is 9.09. The molecule has 0 amide bonds. The maximum absolute atomic E-state index is 13.9. The normalized spacial score (nSPS) is 14.4. The third kappa shape index (κ3) is 5.81. The lowest BCUT2D eigenvalue weighted by atomic mass is 9.99. The van der Waals surface area contributed by atoms with Gasteiger partial charge >= 0.3 is 0 Å². The molecule has 0 aromatic heterocycles. The van der Waals surface area contributed by atoms with Crippen LogP contribution in [0.4, 0.5) is 4.39 Å². The molecule has 28 heavy (non-hydrogen) atoms. The zero-order valence-electron chi connectivity index (χ0n) is 16.4. The summed E-state index contributed by atoms with van der Waals surface area (Å²) >= 11 is 0. The maximum atomic E-state index is 13.9. The summed E-state index contributed by atoms with van der Waals surface area (Å²) in [5, 5.41) is 6.56. The van der Waals surface area contributed by atoms with Gasteiger partial charge < -0.3 is 20.1 Å². The van der Waals surface area contributed by atoms with Gasteiger partial charge in [-0.05, 0) is 30.5 Å². The Morgan fingerprint density at radius 3 is 2.82 bits per heavy atom. The predicted molar refractivity (Wildman–Crippen MR) is 120 cm³/mol. The standard InChI is InChI=1S/C21H26FN3O2.HI/c1-14-5-4-6-16(7-14)15(2)10-24-21(23-3)25-11-17-8-19(22)9-18-12-26-13-27-20(17)18;/h4-9,15H,10-13H2,1-3H3,(H2,23,24,25);1H. The van der Waals surface area contributed by atoms with Crippen LogP contribution in [0.5, 0.6) is 5.75 Å². The van der Waals surface area contributed by atoms with E-state index in [0.717, 1.165) is 17.7 Å². The van der Waals surface area contributed by atoms with Gasteiger partial charge in [-0.25, -0.2) is 4.39 Å². The number of benzene rings is 2. The highest BCUT2D eigenvalue weighted by Gasteiger charge is 2.17. The highest BCUT2D eigenvalue weighted by Crippen LogP contribution is 2.29. The number of guanidine groups is 1. The van der Waals surface area contributed by atoms with E-state index in [1.54, 1.807) is 7.05 Å². The molecule has 0 fully saturated rings. The lowest BCUT2D eigenvalue weighted by molar-refractivity contribution is -0.0172. The van der Waals surface area contributed by atoms with Gasteiger partial charge in [-0.2, -0.15) is 0 Å². The van der Waals surface area contributed by atoms with Crippen LogP contribution < -0.4 is 15.4 Å². The fourth-order valence-electron chi connectivity index (χ4n) is 3.13. The second kappa shape index (κ2) is 10.6. The number of halogens is 2. The Hall–Kier alpha value is -1.87. The molecule has 1 aliphatic heterocycles. The molecule has 152 valence electrons. The molecule has 0 saturated heterocycles. The van der Waals surface area contributed by atoms with Crippen LogP contribution in [0.2, 0.25) is 0 Å². The van der Waals surface area contributed by atoms with E-state index in [1.165, 1.54) is 23.3 Å². The molecule has 2 aromatic carbocycles. The highest BCUT2D eigenvalue weighted by molar-refractivity contribution is 14.0. The number of ether oxygens (including phenoxy) is 2. The van der Waals surface area contributed by atoms with E-state index in [-0.39, 0.29) is 36.6 Å². The average molecular weight is 499 g/mol. The topological polar surface area (TPSA) is 54.9 Å². The van der Waals surface area contributed by atoms with E-state index in [4.69, 9.17) is 9.47 Å². The minimum Gasteiger partial charge on any atom is -0.467 e. The van der Waals surface area contributed by atoms with Crippen LogP contribution in [0.1, 0.15) is 35.1 Å². The molecule has 0 spiro atoms. The van der Waals surface area contributed by atoms with Gasteiger partial charge in [0, 0.05) is 31.3 Å². The summed E-state index contributed by atoms with van der Waals surface area (Å²) in [6, 6.07) is 11.4. The van der Waals surface area contributed by atoms with E-state index >= 15 is 0 Å². The maximum Gasteiger partial charge on any atom is 0.191 e. The van der Waals surface area contributed by atoms with Crippen molar-refractivity contribution in [2.45, 2.75) is 32.9 Å². The quantitative estimate of drug-likeness (QED) is 0.370. The minimum absolute atomic E-state index is 0. The number of rotatable bonds is 5. The SMILES string of the molecule is CN=C(NCc1cc(F)cc2c1OCOC2)NCC(C)c1cccc(C)c1.I. The highest BCUT2D eigenvalue weighted by atomic mass is 127. The van der Waals surface area contributed by atoms with Gasteiger partial charge in [0.15, 0.2) is 12.8 Å². The first-order valence-electron chi connectivity index (χ1n) is 9.09.